The van der Waals surface area contributed by atoms with E-state index in [1.165, 1.54) is 10.8 Å². The summed E-state index contributed by atoms with van der Waals surface area (Å²) in [5, 5.41) is 0. The summed E-state index contributed by atoms with van der Waals surface area (Å²) in [6, 6.07) is 6.49. The standard InChI is InChI=1S/C14H14F2N2O2/c1-3-20-14(19)10-6-4-9(5-7-10)13-17-11(12(15)16)8-18(13)2/h4-8,12H,3H2,1-2H3. The topological polar surface area (TPSA) is 44.1 Å². The molecule has 0 unspecified atom stereocenters. The van der Waals surface area contributed by atoms with Gasteiger partial charge in [-0.2, -0.15) is 0 Å². The lowest BCUT2D eigenvalue weighted by Crippen LogP contribution is -2.04. The van der Waals surface area contributed by atoms with Crippen LogP contribution < -0.4 is 0 Å². The molecule has 0 spiro atoms. The number of aryl methyl sites for hydroxylation is 1. The molecule has 0 atom stereocenters. The molecular formula is C14H14F2N2O2. The van der Waals surface area contributed by atoms with Crippen LogP contribution in [0.5, 0.6) is 0 Å². The predicted octanol–water partition coefficient (Wildman–Crippen LogP) is 3.20. The Morgan fingerprint density at radius 1 is 1.35 bits per heavy atom. The van der Waals surface area contributed by atoms with Gasteiger partial charge in [0.25, 0.3) is 6.43 Å². The molecule has 4 nitrogen and oxygen atoms in total. The number of ether oxygens (including phenoxy) is 1. The smallest absolute Gasteiger partial charge is 0.338 e. The van der Waals surface area contributed by atoms with E-state index in [4.69, 9.17) is 4.74 Å². The zero-order valence-electron chi connectivity index (χ0n) is 11.1. The first-order valence-corrected chi connectivity index (χ1v) is 6.12. The van der Waals surface area contributed by atoms with Gasteiger partial charge in [0.2, 0.25) is 0 Å². The minimum Gasteiger partial charge on any atom is -0.462 e. The van der Waals surface area contributed by atoms with E-state index in [1.54, 1.807) is 38.2 Å². The van der Waals surface area contributed by atoms with Crippen molar-refractivity contribution in [3.05, 3.63) is 41.7 Å². The number of hydrogen-bond donors (Lipinski definition) is 0. The fourth-order valence-corrected chi connectivity index (χ4v) is 1.83. The lowest BCUT2D eigenvalue weighted by Gasteiger charge is -2.04. The molecular weight excluding hydrogens is 266 g/mol. The van der Waals surface area contributed by atoms with Gasteiger partial charge in [-0.05, 0) is 19.1 Å². The molecule has 0 aliphatic carbocycles. The molecule has 1 aromatic heterocycles. The average Bonchev–Trinajstić information content (AvgIpc) is 2.81. The molecule has 0 radical (unpaired) electrons. The molecule has 20 heavy (non-hydrogen) atoms. The van der Waals surface area contributed by atoms with E-state index in [1.807, 2.05) is 0 Å². The number of benzene rings is 1. The Morgan fingerprint density at radius 2 is 2.00 bits per heavy atom. The predicted molar refractivity (Wildman–Crippen MR) is 69.6 cm³/mol. The average molecular weight is 280 g/mol. The molecule has 1 heterocycles. The van der Waals surface area contributed by atoms with Crippen molar-refractivity contribution in [2.24, 2.45) is 7.05 Å². The highest BCUT2D eigenvalue weighted by molar-refractivity contribution is 5.89. The number of nitrogens with zero attached hydrogens (tertiary/aromatic N) is 2. The van der Waals surface area contributed by atoms with Crippen LogP contribution in [-0.2, 0) is 11.8 Å². The first kappa shape index (κ1) is 14.2. The van der Waals surface area contributed by atoms with Crippen LogP contribution in [0.25, 0.3) is 11.4 Å². The number of esters is 1. The molecule has 2 aromatic rings. The summed E-state index contributed by atoms with van der Waals surface area (Å²) in [7, 11) is 1.65. The van der Waals surface area contributed by atoms with Crippen LogP contribution in [0.3, 0.4) is 0 Å². The lowest BCUT2D eigenvalue weighted by atomic mass is 10.1. The van der Waals surface area contributed by atoms with Crippen molar-refractivity contribution >= 4 is 5.97 Å². The van der Waals surface area contributed by atoms with Crippen molar-refractivity contribution in [2.75, 3.05) is 6.61 Å². The van der Waals surface area contributed by atoms with Crippen LogP contribution in [0.4, 0.5) is 8.78 Å². The summed E-state index contributed by atoms with van der Waals surface area (Å²) >= 11 is 0. The molecule has 0 bridgehead atoms. The van der Waals surface area contributed by atoms with Gasteiger partial charge < -0.3 is 9.30 Å². The van der Waals surface area contributed by atoms with Crippen LogP contribution >= 0.6 is 0 Å². The lowest BCUT2D eigenvalue weighted by molar-refractivity contribution is 0.0526. The van der Waals surface area contributed by atoms with E-state index in [9.17, 15) is 13.6 Å². The molecule has 0 N–H and O–H groups in total. The molecule has 0 fully saturated rings. The number of rotatable bonds is 4. The van der Waals surface area contributed by atoms with Crippen molar-refractivity contribution < 1.29 is 18.3 Å². The van der Waals surface area contributed by atoms with Gasteiger partial charge in [-0.3, -0.25) is 0 Å². The van der Waals surface area contributed by atoms with Crippen LogP contribution in [0.1, 0.15) is 29.4 Å². The third kappa shape index (κ3) is 2.84. The van der Waals surface area contributed by atoms with Gasteiger partial charge in [-0.15, -0.1) is 0 Å². The van der Waals surface area contributed by atoms with Gasteiger partial charge in [0.1, 0.15) is 11.5 Å². The number of imidazole rings is 1. The molecule has 0 amide bonds. The zero-order valence-corrected chi connectivity index (χ0v) is 11.1. The molecule has 0 saturated carbocycles. The summed E-state index contributed by atoms with van der Waals surface area (Å²) in [5.41, 5.74) is 0.809. The van der Waals surface area contributed by atoms with E-state index in [0.29, 0.717) is 23.6 Å². The van der Waals surface area contributed by atoms with E-state index in [2.05, 4.69) is 4.98 Å². The quantitative estimate of drug-likeness (QED) is 0.808. The number of carbonyl (C=O) groups excluding carboxylic acids is 1. The van der Waals surface area contributed by atoms with Crippen molar-refractivity contribution in [1.29, 1.82) is 0 Å². The number of aromatic nitrogens is 2. The van der Waals surface area contributed by atoms with Crippen molar-refractivity contribution in [3.63, 3.8) is 0 Å². The molecule has 0 aliphatic heterocycles. The maximum absolute atomic E-state index is 12.6. The van der Waals surface area contributed by atoms with Crippen LogP contribution in [-0.4, -0.2) is 22.1 Å². The van der Waals surface area contributed by atoms with Crippen molar-refractivity contribution in [3.8, 4) is 11.4 Å². The SMILES string of the molecule is CCOC(=O)c1ccc(-c2nc(C(F)F)cn2C)cc1. The Labute approximate surface area is 115 Å². The van der Waals surface area contributed by atoms with Gasteiger partial charge in [0.15, 0.2) is 0 Å². The Balaban J connectivity index is 2.28. The molecule has 0 aliphatic rings. The summed E-state index contributed by atoms with van der Waals surface area (Å²) in [5.74, 6) is 0.0165. The van der Waals surface area contributed by atoms with Crippen LogP contribution in [0.2, 0.25) is 0 Å². The van der Waals surface area contributed by atoms with Crippen LogP contribution in [0.15, 0.2) is 30.5 Å². The third-order valence-corrected chi connectivity index (χ3v) is 2.77. The number of halogens is 2. The Kier molecular flexibility index (Phi) is 4.12. The van der Waals surface area contributed by atoms with Gasteiger partial charge >= 0.3 is 5.97 Å². The maximum atomic E-state index is 12.6. The highest BCUT2D eigenvalue weighted by Crippen LogP contribution is 2.23. The summed E-state index contributed by atoms with van der Waals surface area (Å²) in [4.78, 5) is 15.4. The second kappa shape index (κ2) is 5.81. The summed E-state index contributed by atoms with van der Waals surface area (Å²) in [6.07, 6.45) is -1.31. The first-order chi connectivity index (χ1) is 9.52. The second-order valence-corrected chi connectivity index (χ2v) is 4.20. The molecule has 0 saturated heterocycles. The normalized spacial score (nSPS) is 10.8. The molecule has 6 heteroatoms. The van der Waals surface area contributed by atoms with Gasteiger partial charge in [0.05, 0.1) is 12.2 Å². The third-order valence-electron chi connectivity index (χ3n) is 2.77. The van der Waals surface area contributed by atoms with E-state index in [0.717, 1.165) is 0 Å². The van der Waals surface area contributed by atoms with Gasteiger partial charge in [-0.1, -0.05) is 12.1 Å². The first-order valence-electron chi connectivity index (χ1n) is 6.12. The van der Waals surface area contributed by atoms with Crippen LogP contribution in [0, 0.1) is 0 Å². The van der Waals surface area contributed by atoms with Gasteiger partial charge in [0, 0.05) is 18.8 Å². The maximum Gasteiger partial charge on any atom is 0.338 e. The highest BCUT2D eigenvalue weighted by atomic mass is 19.3. The van der Waals surface area contributed by atoms with Crippen molar-refractivity contribution in [2.45, 2.75) is 13.3 Å². The summed E-state index contributed by atoms with van der Waals surface area (Å²) < 4.78 is 31.6. The molecule has 1 aromatic carbocycles. The Bertz CT molecular complexity index is 606. The number of hydrogen-bond acceptors (Lipinski definition) is 3. The van der Waals surface area contributed by atoms with Crippen molar-refractivity contribution in [1.82, 2.24) is 9.55 Å². The highest BCUT2D eigenvalue weighted by Gasteiger charge is 2.15. The van der Waals surface area contributed by atoms with Gasteiger partial charge in [-0.25, -0.2) is 18.6 Å². The largest absolute Gasteiger partial charge is 0.462 e. The van der Waals surface area contributed by atoms with E-state index < -0.39 is 12.4 Å². The Morgan fingerprint density at radius 3 is 2.50 bits per heavy atom. The second-order valence-electron chi connectivity index (χ2n) is 4.20. The monoisotopic (exact) mass is 280 g/mol. The number of carbonyl (C=O) groups is 1. The fraction of sp³-hybridized carbons (Fsp3) is 0.286. The summed E-state index contributed by atoms with van der Waals surface area (Å²) in [6.45, 7) is 2.03. The zero-order chi connectivity index (χ0) is 14.7. The fourth-order valence-electron chi connectivity index (χ4n) is 1.83. The molecule has 106 valence electrons. The van der Waals surface area contributed by atoms with E-state index in [-0.39, 0.29) is 5.69 Å². The minimum atomic E-state index is -2.60. The van der Waals surface area contributed by atoms with E-state index >= 15 is 0 Å². The number of alkyl halides is 2. The Hall–Kier alpha value is -2.24. The minimum absolute atomic E-state index is 0.267. The molecule has 2 rings (SSSR count).